The van der Waals surface area contributed by atoms with Gasteiger partial charge in [-0.25, -0.2) is 11.5 Å². The Kier molecular flexibility index (Phi) is 3.65. The molecule has 0 fully saturated rings. The summed E-state index contributed by atoms with van der Waals surface area (Å²) in [5.74, 6) is 0. The van der Waals surface area contributed by atoms with Gasteiger partial charge < -0.3 is 0 Å². The van der Waals surface area contributed by atoms with Crippen LogP contribution in [0.15, 0.2) is 0 Å². The van der Waals surface area contributed by atoms with Gasteiger partial charge in [-0.05, 0) is 0 Å². The molecule has 4 heavy (non-hydrogen) atoms. The first kappa shape index (κ1) is 4.35. The number of hydrogen-bond donors (Lipinski definition) is 0. The summed E-state index contributed by atoms with van der Waals surface area (Å²) < 4.78 is 0. The van der Waals surface area contributed by atoms with E-state index in [2.05, 4.69) is 0 Å². The summed E-state index contributed by atoms with van der Waals surface area (Å²) in [6, 6.07) is 0. The van der Waals surface area contributed by atoms with Gasteiger partial charge in [0.1, 0.15) is 0 Å². The molecule has 0 amide bonds. The Labute approximate surface area is 32.3 Å². The van der Waals surface area contributed by atoms with E-state index in [4.69, 9.17) is 11.5 Å². The highest BCUT2D eigenvalue weighted by atomic mass is 35.5. The molecule has 0 saturated carbocycles. The van der Waals surface area contributed by atoms with Crippen molar-refractivity contribution < 1.29 is 0 Å². The van der Waals surface area contributed by atoms with Gasteiger partial charge >= 0.3 is 0 Å². The maximum absolute atomic E-state index is 5.19. The smallest absolute Gasteiger partial charge is 0.201 e. The van der Waals surface area contributed by atoms with Crippen molar-refractivity contribution >= 4 is 18.2 Å². The largest absolute Gasteiger partial charge is 0.232 e. The van der Waals surface area contributed by atoms with Crippen LogP contribution in [0.25, 0.3) is 0 Å². The molecule has 0 spiro atoms. The molecular weight excluding hydrogens is 70.3 g/mol. The van der Waals surface area contributed by atoms with E-state index >= 15 is 0 Å². The van der Waals surface area contributed by atoms with Crippen LogP contribution in [0, 0.1) is 0 Å². The van der Waals surface area contributed by atoms with E-state index in [1.165, 1.54) is 0 Å². The molecule has 24 valence electrons. The maximum atomic E-state index is 5.19. The van der Waals surface area contributed by atoms with Gasteiger partial charge in [-0.15, -0.1) is 0 Å². The van der Waals surface area contributed by atoms with Crippen LogP contribution in [0.2, 0.25) is 6.32 Å². The first-order valence-electron chi connectivity index (χ1n) is 1.47. The fourth-order valence-electron chi connectivity index (χ4n) is 0. The van der Waals surface area contributed by atoms with Crippen molar-refractivity contribution in [3.8, 4) is 0 Å². The van der Waals surface area contributed by atoms with Crippen LogP contribution in [0.4, 0.5) is 0 Å². The lowest BCUT2D eigenvalue weighted by Crippen LogP contribution is -1.61. The van der Waals surface area contributed by atoms with Gasteiger partial charge in [0.25, 0.3) is 0 Å². The zero-order valence-electron chi connectivity index (χ0n) is 2.79. The first-order chi connectivity index (χ1) is 1.91. The summed E-state index contributed by atoms with van der Waals surface area (Å²) in [4.78, 5) is 0. The SMILES string of the molecule is CCBCl. The molecule has 0 heterocycles. The van der Waals surface area contributed by atoms with Crippen molar-refractivity contribution in [2.75, 3.05) is 0 Å². The molecule has 0 nitrogen and oxygen atoms in total. The van der Waals surface area contributed by atoms with E-state index in [-0.39, 0.29) is 0 Å². The summed E-state index contributed by atoms with van der Waals surface area (Å²) in [6.07, 6.45) is 1.08. The van der Waals surface area contributed by atoms with Crippen LogP contribution in [0.1, 0.15) is 6.92 Å². The lowest BCUT2D eigenvalue weighted by molar-refractivity contribution is 1.47. The van der Waals surface area contributed by atoms with E-state index in [0.717, 1.165) is 13.0 Å². The van der Waals surface area contributed by atoms with Crippen LogP contribution in [0.5, 0.6) is 0 Å². The van der Waals surface area contributed by atoms with Crippen molar-refractivity contribution in [3.63, 3.8) is 0 Å². The molecule has 0 unspecified atom stereocenters. The molecule has 0 atom stereocenters. The average Bonchev–Trinajstić information content (AvgIpc) is 1.37. The van der Waals surface area contributed by atoms with Crippen LogP contribution < -0.4 is 0 Å². The fourth-order valence-corrected chi connectivity index (χ4v) is 0. The van der Waals surface area contributed by atoms with Crippen LogP contribution >= 0.6 is 11.5 Å². The second kappa shape index (κ2) is 3.35. The predicted octanol–water partition coefficient (Wildman–Crippen LogP) is 1.01. The minimum Gasteiger partial charge on any atom is -0.201 e. The second-order valence-electron chi connectivity index (χ2n) is 0.689. The Morgan fingerprint density at radius 3 is 2.25 bits per heavy atom. The Morgan fingerprint density at radius 1 is 2.00 bits per heavy atom. The minimum atomic E-state index is 0.792. The summed E-state index contributed by atoms with van der Waals surface area (Å²) in [5.41, 5.74) is 0. The van der Waals surface area contributed by atoms with Crippen molar-refractivity contribution in [1.82, 2.24) is 0 Å². The summed E-state index contributed by atoms with van der Waals surface area (Å²) >= 11 is 5.19. The fraction of sp³-hybridized carbons (Fsp3) is 1.00. The predicted molar refractivity (Wildman–Crippen MR) is 23.5 cm³/mol. The third-order valence-electron chi connectivity index (χ3n) is 0.189. The Morgan fingerprint density at radius 2 is 2.25 bits per heavy atom. The highest BCUT2D eigenvalue weighted by Gasteiger charge is 1.65. The normalized spacial score (nSPS) is 6.50. The number of halogens is 1. The third-order valence-corrected chi connectivity index (χ3v) is 0.567. The van der Waals surface area contributed by atoms with Crippen LogP contribution in [-0.4, -0.2) is 6.69 Å². The van der Waals surface area contributed by atoms with E-state index < -0.39 is 0 Å². The van der Waals surface area contributed by atoms with Crippen molar-refractivity contribution in [2.45, 2.75) is 13.2 Å². The van der Waals surface area contributed by atoms with E-state index in [1.54, 1.807) is 0 Å². The molecule has 0 saturated heterocycles. The average molecular weight is 76.3 g/mol. The molecular formula is C2H6BCl. The second-order valence-corrected chi connectivity index (χ2v) is 1.07. The molecule has 0 aromatic rings. The van der Waals surface area contributed by atoms with Crippen LogP contribution in [0.3, 0.4) is 0 Å². The highest BCUT2D eigenvalue weighted by Crippen LogP contribution is 1.73. The molecule has 0 aromatic carbocycles. The molecule has 0 aliphatic rings. The zero-order valence-corrected chi connectivity index (χ0v) is 3.55. The van der Waals surface area contributed by atoms with Crippen molar-refractivity contribution in [1.29, 1.82) is 0 Å². The van der Waals surface area contributed by atoms with E-state index in [9.17, 15) is 0 Å². The monoisotopic (exact) mass is 76.0 g/mol. The highest BCUT2D eigenvalue weighted by molar-refractivity contribution is 6.93. The molecule has 0 aliphatic heterocycles. The Bertz CT molecular complexity index is 8.00. The van der Waals surface area contributed by atoms with Crippen LogP contribution in [-0.2, 0) is 0 Å². The zero-order chi connectivity index (χ0) is 3.41. The summed E-state index contributed by atoms with van der Waals surface area (Å²) in [5, 5.41) is 0. The quantitative estimate of drug-likeness (QED) is 0.409. The topological polar surface area (TPSA) is 0 Å². The van der Waals surface area contributed by atoms with Gasteiger partial charge in [-0.1, -0.05) is 13.2 Å². The van der Waals surface area contributed by atoms with Crippen molar-refractivity contribution in [2.24, 2.45) is 0 Å². The van der Waals surface area contributed by atoms with Gasteiger partial charge in [0, 0.05) is 0 Å². The number of rotatable bonds is 1. The number of hydrogen-bond acceptors (Lipinski definition) is 0. The van der Waals surface area contributed by atoms with Crippen molar-refractivity contribution in [3.05, 3.63) is 0 Å². The van der Waals surface area contributed by atoms with E-state index in [1.807, 2.05) is 6.92 Å². The van der Waals surface area contributed by atoms with Gasteiger partial charge in [0.15, 0.2) is 0 Å². The molecule has 0 aromatic heterocycles. The third kappa shape index (κ3) is 2.35. The Balaban J connectivity index is 1.97. The lowest BCUT2D eigenvalue weighted by Gasteiger charge is -1.60. The molecule has 2 heteroatoms. The lowest BCUT2D eigenvalue weighted by atomic mass is 10.1. The maximum Gasteiger partial charge on any atom is 0.232 e. The molecule has 0 N–H and O–H groups in total. The first-order valence-corrected chi connectivity index (χ1v) is 2.01. The molecule has 0 rings (SSSR count). The van der Waals surface area contributed by atoms with Gasteiger partial charge in [-0.3, -0.25) is 0 Å². The molecule has 0 bridgehead atoms. The minimum absolute atomic E-state index is 0.792. The van der Waals surface area contributed by atoms with E-state index in [0.29, 0.717) is 0 Å². The Hall–Kier alpha value is 0.355. The standard InChI is InChI=1S/C2H6BCl/c1-2-3-4/h3H,2H2,1H3. The van der Waals surface area contributed by atoms with Gasteiger partial charge in [0.2, 0.25) is 6.69 Å². The summed E-state index contributed by atoms with van der Waals surface area (Å²) in [7, 11) is 0. The van der Waals surface area contributed by atoms with Gasteiger partial charge in [0.05, 0.1) is 0 Å². The van der Waals surface area contributed by atoms with Gasteiger partial charge in [-0.2, -0.15) is 0 Å². The molecule has 0 aliphatic carbocycles. The summed E-state index contributed by atoms with van der Waals surface area (Å²) in [6.45, 7) is 2.84. The molecule has 0 radical (unpaired) electrons.